The lowest BCUT2D eigenvalue weighted by molar-refractivity contribution is -0.131. The summed E-state index contributed by atoms with van der Waals surface area (Å²) in [4.78, 5) is 24.8. The zero-order valence-electron chi connectivity index (χ0n) is 12.1. The lowest BCUT2D eigenvalue weighted by Gasteiger charge is -2.15. The van der Waals surface area contributed by atoms with Gasteiger partial charge in [-0.05, 0) is 49.2 Å². The second kappa shape index (κ2) is 6.01. The molecule has 0 bridgehead atoms. The molecule has 0 spiro atoms. The van der Waals surface area contributed by atoms with Crippen LogP contribution < -0.4 is 10.6 Å². The molecule has 0 aromatic heterocycles. The Labute approximate surface area is 137 Å². The van der Waals surface area contributed by atoms with E-state index in [0.717, 1.165) is 0 Å². The number of rotatable bonds is 4. The van der Waals surface area contributed by atoms with Crippen molar-refractivity contribution in [3.63, 3.8) is 0 Å². The Balaban J connectivity index is 1.71. The van der Waals surface area contributed by atoms with E-state index < -0.39 is 17.1 Å². The fourth-order valence-electron chi connectivity index (χ4n) is 2.32. The van der Waals surface area contributed by atoms with Crippen LogP contribution in [-0.4, -0.2) is 11.8 Å². The van der Waals surface area contributed by atoms with Crippen LogP contribution in [0.3, 0.4) is 0 Å². The highest BCUT2D eigenvalue weighted by Gasteiger charge is 2.56. The molecule has 2 aromatic carbocycles. The van der Waals surface area contributed by atoms with Crippen molar-refractivity contribution < 1.29 is 14.0 Å². The summed E-state index contributed by atoms with van der Waals surface area (Å²) >= 11 is 5.88. The molecule has 2 N–H and O–H groups in total. The molecule has 1 saturated carbocycles. The third-order valence-corrected chi connectivity index (χ3v) is 4.02. The molecule has 0 radical (unpaired) electrons. The minimum Gasteiger partial charge on any atom is -0.325 e. The molecule has 2 amide bonds. The van der Waals surface area contributed by atoms with Crippen molar-refractivity contribution in [3.8, 4) is 0 Å². The van der Waals surface area contributed by atoms with Crippen molar-refractivity contribution in [1.82, 2.24) is 0 Å². The SMILES string of the molecule is O=C(Nc1cccc(F)c1)C1(C(=O)Nc2cccc(Cl)c2)CC1. The maximum atomic E-state index is 13.2. The second-order valence-corrected chi connectivity index (χ2v) is 5.95. The fraction of sp³-hybridized carbons (Fsp3) is 0.176. The number of carbonyl (C=O) groups is 2. The van der Waals surface area contributed by atoms with Crippen molar-refractivity contribution in [2.45, 2.75) is 12.8 Å². The van der Waals surface area contributed by atoms with Crippen LogP contribution in [0.4, 0.5) is 15.8 Å². The number of amides is 2. The summed E-state index contributed by atoms with van der Waals surface area (Å²) in [5, 5.41) is 5.80. The van der Waals surface area contributed by atoms with Gasteiger partial charge in [0.05, 0.1) is 0 Å². The molecule has 118 valence electrons. The van der Waals surface area contributed by atoms with E-state index in [2.05, 4.69) is 10.6 Å². The number of benzene rings is 2. The Morgan fingerprint density at radius 3 is 2.04 bits per heavy atom. The quantitative estimate of drug-likeness (QED) is 0.836. The minimum atomic E-state index is -1.10. The molecule has 0 heterocycles. The van der Waals surface area contributed by atoms with Gasteiger partial charge in [-0.3, -0.25) is 9.59 Å². The van der Waals surface area contributed by atoms with Crippen molar-refractivity contribution in [1.29, 1.82) is 0 Å². The van der Waals surface area contributed by atoms with Crippen LogP contribution in [-0.2, 0) is 9.59 Å². The Morgan fingerprint density at radius 1 is 0.957 bits per heavy atom. The highest BCUT2D eigenvalue weighted by Crippen LogP contribution is 2.47. The maximum absolute atomic E-state index is 13.2. The Bertz CT molecular complexity index is 713. The van der Waals surface area contributed by atoms with Crippen LogP contribution in [0.1, 0.15) is 12.8 Å². The maximum Gasteiger partial charge on any atom is 0.240 e. The normalized spacial score (nSPS) is 14.9. The third-order valence-electron chi connectivity index (χ3n) is 3.78. The van der Waals surface area contributed by atoms with E-state index in [-0.39, 0.29) is 5.91 Å². The first-order chi connectivity index (χ1) is 11.0. The highest BCUT2D eigenvalue weighted by molar-refractivity contribution is 6.31. The first-order valence-electron chi connectivity index (χ1n) is 7.14. The topological polar surface area (TPSA) is 58.2 Å². The molecule has 3 rings (SSSR count). The first-order valence-corrected chi connectivity index (χ1v) is 7.51. The van der Waals surface area contributed by atoms with Gasteiger partial charge < -0.3 is 10.6 Å². The Morgan fingerprint density at radius 2 is 1.52 bits per heavy atom. The van der Waals surface area contributed by atoms with Gasteiger partial charge in [-0.1, -0.05) is 23.7 Å². The third kappa shape index (κ3) is 3.35. The predicted octanol–water partition coefficient (Wildman–Crippen LogP) is 3.84. The van der Waals surface area contributed by atoms with Crippen molar-refractivity contribution >= 4 is 34.8 Å². The molecule has 4 nitrogen and oxygen atoms in total. The van der Waals surface area contributed by atoms with Crippen LogP contribution in [0.25, 0.3) is 0 Å². The molecule has 0 saturated heterocycles. The average Bonchev–Trinajstić information content (AvgIpc) is 3.29. The van der Waals surface area contributed by atoms with Crippen LogP contribution in [0.15, 0.2) is 48.5 Å². The number of hydrogen-bond acceptors (Lipinski definition) is 2. The Kier molecular flexibility index (Phi) is 4.05. The molecule has 1 fully saturated rings. The number of hydrogen-bond donors (Lipinski definition) is 2. The molecule has 2 aromatic rings. The first kappa shape index (κ1) is 15.5. The minimum absolute atomic E-state index is 0.330. The van der Waals surface area contributed by atoms with Gasteiger partial charge in [-0.2, -0.15) is 0 Å². The van der Waals surface area contributed by atoms with Crippen LogP contribution in [0.5, 0.6) is 0 Å². The van der Waals surface area contributed by atoms with Gasteiger partial charge in [0.1, 0.15) is 11.2 Å². The molecule has 6 heteroatoms. The van der Waals surface area contributed by atoms with Gasteiger partial charge in [0.2, 0.25) is 11.8 Å². The highest BCUT2D eigenvalue weighted by atomic mass is 35.5. The van der Waals surface area contributed by atoms with E-state index in [4.69, 9.17) is 11.6 Å². The van der Waals surface area contributed by atoms with Crippen LogP contribution in [0, 0.1) is 11.2 Å². The lowest BCUT2D eigenvalue weighted by atomic mass is 10.0. The lowest BCUT2D eigenvalue weighted by Crippen LogP contribution is -2.35. The smallest absolute Gasteiger partial charge is 0.240 e. The summed E-state index contributed by atoms with van der Waals surface area (Å²) in [6.45, 7) is 0. The summed E-state index contributed by atoms with van der Waals surface area (Å²) < 4.78 is 13.2. The summed E-state index contributed by atoms with van der Waals surface area (Å²) in [5.74, 6) is -1.26. The molecule has 23 heavy (non-hydrogen) atoms. The molecule has 1 aliphatic rings. The standard InChI is InChI=1S/C17H14ClFN2O2/c18-11-3-1-5-13(9-11)20-15(22)17(7-8-17)16(23)21-14-6-2-4-12(19)10-14/h1-6,9-10H,7-8H2,(H,20,22)(H,21,23). The summed E-state index contributed by atoms with van der Waals surface area (Å²) in [6, 6.07) is 12.3. The number of anilines is 2. The molecule has 1 aliphatic carbocycles. The van der Waals surface area contributed by atoms with Crippen LogP contribution in [0.2, 0.25) is 5.02 Å². The number of nitrogens with one attached hydrogen (secondary N) is 2. The van der Waals surface area contributed by atoms with E-state index >= 15 is 0 Å². The van der Waals surface area contributed by atoms with Gasteiger partial charge in [-0.15, -0.1) is 0 Å². The van der Waals surface area contributed by atoms with Gasteiger partial charge in [0.15, 0.2) is 0 Å². The molecule has 0 aliphatic heterocycles. The summed E-state index contributed by atoms with van der Waals surface area (Å²) in [5.41, 5.74) is -0.238. The van der Waals surface area contributed by atoms with E-state index in [9.17, 15) is 14.0 Å². The largest absolute Gasteiger partial charge is 0.325 e. The summed E-state index contributed by atoms with van der Waals surface area (Å²) in [7, 11) is 0. The van der Waals surface area contributed by atoms with Gasteiger partial charge in [0, 0.05) is 16.4 Å². The average molecular weight is 333 g/mol. The second-order valence-electron chi connectivity index (χ2n) is 5.51. The van der Waals surface area contributed by atoms with Crippen molar-refractivity contribution in [2.24, 2.45) is 5.41 Å². The zero-order chi connectivity index (χ0) is 16.4. The van der Waals surface area contributed by atoms with E-state index in [0.29, 0.717) is 29.2 Å². The Hall–Kier alpha value is -2.40. The van der Waals surface area contributed by atoms with Crippen LogP contribution >= 0.6 is 11.6 Å². The summed E-state index contributed by atoms with van der Waals surface area (Å²) in [6.07, 6.45) is 0.918. The number of halogens is 2. The van der Waals surface area contributed by atoms with Gasteiger partial charge in [0.25, 0.3) is 0 Å². The number of carbonyl (C=O) groups excluding carboxylic acids is 2. The van der Waals surface area contributed by atoms with Gasteiger partial charge in [-0.25, -0.2) is 4.39 Å². The van der Waals surface area contributed by atoms with E-state index in [1.807, 2.05) is 0 Å². The zero-order valence-corrected chi connectivity index (χ0v) is 12.9. The monoisotopic (exact) mass is 332 g/mol. The van der Waals surface area contributed by atoms with Crippen molar-refractivity contribution in [2.75, 3.05) is 10.6 Å². The van der Waals surface area contributed by atoms with Crippen molar-refractivity contribution in [3.05, 3.63) is 59.4 Å². The molecular weight excluding hydrogens is 319 g/mol. The molecular formula is C17H14ClFN2O2. The van der Waals surface area contributed by atoms with Gasteiger partial charge >= 0.3 is 0 Å². The predicted molar refractivity (Wildman–Crippen MR) is 86.8 cm³/mol. The van der Waals surface area contributed by atoms with E-state index in [1.165, 1.54) is 18.2 Å². The molecule has 0 unspecified atom stereocenters. The fourth-order valence-corrected chi connectivity index (χ4v) is 2.51. The molecule has 0 atom stereocenters. The van der Waals surface area contributed by atoms with E-state index in [1.54, 1.807) is 30.3 Å².